The van der Waals surface area contributed by atoms with Gasteiger partial charge >= 0.3 is 6.09 Å². The molecule has 0 aliphatic rings. The standard InChI is InChI=1S/C28H47N3O5S/c1-6-8-10-11-12-13-18-31(26(34)23(20-37)30-27(35)36-28(3,4)5)24(25(33)29-17-9-7-2)21-15-14-16-22(32)19-21/h14-16,19,23-24,32,37H,6-13,17-18,20H2,1-5H3,(H,29,33)(H,30,35). The van der Waals surface area contributed by atoms with Gasteiger partial charge in [-0.05, 0) is 51.3 Å². The van der Waals surface area contributed by atoms with E-state index in [1.807, 2.05) is 6.92 Å². The SMILES string of the molecule is CCCCCCCCN(C(=O)C(CS)NC(=O)OC(C)(C)C)C(C(=O)NCCCC)c1cccc(O)c1. The summed E-state index contributed by atoms with van der Waals surface area (Å²) in [6.45, 7) is 10.2. The lowest BCUT2D eigenvalue weighted by molar-refractivity contribution is -0.142. The molecule has 0 aromatic heterocycles. The van der Waals surface area contributed by atoms with E-state index in [2.05, 4.69) is 30.2 Å². The molecule has 0 aliphatic heterocycles. The van der Waals surface area contributed by atoms with E-state index in [-0.39, 0.29) is 17.4 Å². The largest absolute Gasteiger partial charge is 0.508 e. The molecule has 210 valence electrons. The smallest absolute Gasteiger partial charge is 0.408 e. The number of phenols is 1. The van der Waals surface area contributed by atoms with Crippen molar-refractivity contribution in [3.8, 4) is 5.75 Å². The lowest BCUT2D eigenvalue weighted by Crippen LogP contribution is -2.54. The average Bonchev–Trinajstić information content (AvgIpc) is 2.82. The third kappa shape index (κ3) is 12.6. The molecule has 0 bridgehead atoms. The number of aromatic hydroxyl groups is 1. The summed E-state index contributed by atoms with van der Waals surface area (Å²) >= 11 is 4.32. The summed E-state index contributed by atoms with van der Waals surface area (Å²) in [4.78, 5) is 41.3. The summed E-state index contributed by atoms with van der Waals surface area (Å²) in [6.07, 6.45) is 7.09. The number of ether oxygens (including phenoxy) is 1. The van der Waals surface area contributed by atoms with Crippen molar-refractivity contribution < 1.29 is 24.2 Å². The molecule has 37 heavy (non-hydrogen) atoms. The Balaban J connectivity index is 3.28. The Labute approximate surface area is 228 Å². The van der Waals surface area contributed by atoms with Crippen LogP contribution in [0.25, 0.3) is 0 Å². The van der Waals surface area contributed by atoms with Crippen LogP contribution in [0.3, 0.4) is 0 Å². The van der Waals surface area contributed by atoms with Gasteiger partial charge in [0.15, 0.2) is 0 Å². The van der Waals surface area contributed by atoms with Crippen LogP contribution in [-0.4, -0.2) is 58.4 Å². The number of hydrogen-bond acceptors (Lipinski definition) is 6. The van der Waals surface area contributed by atoms with E-state index in [4.69, 9.17) is 4.74 Å². The first-order chi connectivity index (χ1) is 17.5. The lowest BCUT2D eigenvalue weighted by atomic mass is 10.0. The van der Waals surface area contributed by atoms with Crippen molar-refractivity contribution in [2.75, 3.05) is 18.8 Å². The molecule has 0 fully saturated rings. The number of nitrogens with zero attached hydrogens (tertiary/aromatic N) is 1. The number of unbranched alkanes of at least 4 members (excludes halogenated alkanes) is 6. The molecule has 1 aromatic carbocycles. The van der Waals surface area contributed by atoms with E-state index >= 15 is 0 Å². The van der Waals surface area contributed by atoms with Gasteiger partial charge in [0.05, 0.1) is 0 Å². The molecule has 0 saturated heterocycles. The minimum atomic E-state index is -0.985. The normalized spacial score (nSPS) is 12.9. The van der Waals surface area contributed by atoms with Crippen molar-refractivity contribution in [1.82, 2.24) is 15.5 Å². The highest BCUT2D eigenvalue weighted by atomic mass is 32.1. The van der Waals surface area contributed by atoms with Crippen LogP contribution in [0.5, 0.6) is 5.75 Å². The fourth-order valence-electron chi connectivity index (χ4n) is 3.92. The van der Waals surface area contributed by atoms with Crippen LogP contribution in [0, 0.1) is 0 Å². The Bertz CT molecular complexity index is 843. The number of rotatable bonds is 16. The third-order valence-electron chi connectivity index (χ3n) is 5.78. The Morgan fingerprint density at radius 3 is 2.27 bits per heavy atom. The minimum Gasteiger partial charge on any atom is -0.508 e. The Morgan fingerprint density at radius 1 is 1.03 bits per heavy atom. The van der Waals surface area contributed by atoms with Crippen molar-refractivity contribution >= 4 is 30.5 Å². The summed E-state index contributed by atoms with van der Waals surface area (Å²) < 4.78 is 5.34. The van der Waals surface area contributed by atoms with Crippen LogP contribution in [0.15, 0.2) is 24.3 Å². The number of thiol groups is 1. The van der Waals surface area contributed by atoms with E-state index in [0.717, 1.165) is 44.9 Å². The second-order valence-electron chi connectivity index (χ2n) is 10.3. The molecule has 3 N–H and O–H groups in total. The molecule has 0 heterocycles. The van der Waals surface area contributed by atoms with Gasteiger partial charge in [0.25, 0.3) is 0 Å². The van der Waals surface area contributed by atoms with Gasteiger partial charge < -0.3 is 25.4 Å². The monoisotopic (exact) mass is 537 g/mol. The first-order valence-electron chi connectivity index (χ1n) is 13.5. The van der Waals surface area contributed by atoms with Gasteiger partial charge in [-0.1, -0.05) is 64.5 Å². The highest BCUT2D eigenvalue weighted by Gasteiger charge is 2.35. The van der Waals surface area contributed by atoms with Gasteiger partial charge in [0.2, 0.25) is 11.8 Å². The third-order valence-corrected chi connectivity index (χ3v) is 6.15. The summed E-state index contributed by atoms with van der Waals surface area (Å²) in [6, 6.07) is 4.46. The molecule has 0 radical (unpaired) electrons. The van der Waals surface area contributed by atoms with Gasteiger partial charge in [-0.15, -0.1) is 0 Å². The number of benzene rings is 1. The Kier molecular flexibility index (Phi) is 15.1. The van der Waals surface area contributed by atoms with Gasteiger partial charge in [-0.25, -0.2) is 4.79 Å². The van der Waals surface area contributed by atoms with E-state index in [1.54, 1.807) is 32.9 Å². The molecular formula is C28H47N3O5S. The number of nitrogens with one attached hydrogen (secondary N) is 2. The van der Waals surface area contributed by atoms with Gasteiger partial charge in [-0.3, -0.25) is 9.59 Å². The quantitative estimate of drug-likeness (QED) is 0.168. The maximum Gasteiger partial charge on any atom is 0.408 e. The number of phenolic OH excluding ortho intramolecular Hbond substituents is 1. The van der Waals surface area contributed by atoms with E-state index in [9.17, 15) is 19.5 Å². The summed E-state index contributed by atoms with van der Waals surface area (Å²) in [5.74, 6) is -0.703. The van der Waals surface area contributed by atoms with Gasteiger partial charge in [-0.2, -0.15) is 12.6 Å². The van der Waals surface area contributed by atoms with Crippen molar-refractivity contribution in [3.63, 3.8) is 0 Å². The number of amides is 3. The van der Waals surface area contributed by atoms with Gasteiger partial charge in [0.1, 0.15) is 23.4 Å². The second kappa shape index (κ2) is 17.2. The molecule has 0 aliphatic carbocycles. The fraction of sp³-hybridized carbons (Fsp3) is 0.679. The lowest BCUT2D eigenvalue weighted by Gasteiger charge is -2.34. The molecule has 1 rings (SSSR count). The zero-order valence-corrected chi connectivity index (χ0v) is 24.1. The van der Waals surface area contributed by atoms with Crippen molar-refractivity contribution in [3.05, 3.63) is 29.8 Å². The molecule has 3 amide bonds. The predicted octanol–water partition coefficient (Wildman–Crippen LogP) is 5.36. The van der Waals surface area contributed by atoms with Crippen LogP contribution >= 0.6 is 12.6 Å². The highest BCUT2D eigenvalue weighted by Crippen LogP contribution is 2.26. The van der Waals surface area contributed by atoms with Crippen LogP contribution in [0.4, 0.5) is 4.79 Å². The first-order valence-corrected chi connectivity index (χ1v) is 14.1. The zero-order valence-electron chi connectivity index (χ0n) is 23.2. The molecule has 1 aromatic rings. The van der Waals surface area contributed by atoms with Crippen LogP contribution in [0.1, 0.15) is 97.6 Å². The summed E-state index contributed by atoms with van der Waals surface area (Å²) in [7, 11) is 0. The maximum absolute atomic E-state index is 13.8. The van der Waals surface area contributed by atoms with Crippen molar-refractivity contribution in [2.45, 2.75) is 104 Å². The van der Waals surface area contributed by atoms with Crippen molar-refractivity contribution in [2.24, 2.45) is 0 Å². The molecule has 2 unspecified atom stereocenters. The molecule has 9 heteroatoms. The first kappa shape index (κ1) is 32.6. The number of carbonyl (C=O) groups excluding carboxylic acids is 3. The number of carbonyl (C=O) groups is 3. The van der Waals surface area contributed by atoms with E-state index in [0.29, 0.717) is 25.1 Å². The van der Waals surface area contributed by atoms with Gasteiger partial charge in [0, 0.05) is 18.8 Å². The van der Waals surface area contributed by atoms with E-state index in [1.165, 1.54) is 17.0 Å². The zero-order chi connectivity index (χ0) is 27.8. The number of alkyl carbamates (subject to hydrolysis) is 1. The summed E-state index contributed by atoms with van der Waals surface area (Å²) in [5.41, 5.74) is -0.223. The number of hydrogen-bond donors (Lipinski definition) is 4. The van der Waals surface area contributed by atoms with Crippen molar-refractivity contribution in [1.29, 1.82) is 0 Å². The average molecular weight is 538 g/mol. The molecule has 8 nitrogen and oxygen atoms in total. The molecule has 0 saturated carbocycles. The molecule has 2 atom stereocenters. The van der Waals surface area contributed by atoms with Crippen LogP contribution < -0.4 is 10.6 Å². The molecular weight excluding hydrogens is 490 g/mol. The fourth-order valence-corrected chi connectivity index (χ4v) is 4.16. The topological polar surface area (TPSA) is 108 Å². The highest BCUT2D eigenvalue weighted by molar-refractivity contribution is 7.80. The predicted molar refractivity (Wildman–Crippen MR) is 151 cm³/mol. The van der Waals surface area contributed by atoms with Crippen LogP contribution in [0.2, 0.25) is 0 Å². The second-order valence-corrected chi connectivity index (χ2v) is 10.7. The Hall–Kier alpha value is -2.42. The summed E-state index contributed by atoms with van der Waals surface area (Å²) in [5, 5.41) is 15.7. The maximum atomic E-state index is 13.8. The molecule has 0 spiro atoms. The Morgan fingerprint density at radius 2 is 1.68 bits per heavy atom. The van der Waals surface area contributed by atoms with Crippen LogP contribution in [-0.2, 0) is 14.3 Å². The minimum absolute atomic E-state index is 0.00782. The van der Waals surface area contributed by atoms with E-state index < -0.39 is 29.7 Å².